The molecule has 3 N–H and O–H groups in total. The number of hydrogen-bond acceptors (Lipinski definition) is 3. The summed E-state index contributed by atoms with van der Waals surface area (Å²) in [5.41, 5.74) is 7.52. The van der Waals surface area contributed by atoms with E-state index in [1.165, 1.54) is 18.2 Å². The number of halogens is 3. The van der Waals surface area contributed by atoms with Gasteiger partial charge >= 0.3 is 12.3 Å². The third-order valence-corrected chi connectivity index (χ3v) is 3.11. The zero-order valence-corrected chi connectivity index (χ0v) is 11.9. The van der Waals surface area contributed by atoms with Gasteiger partial charge in [0.1, 0.15) is 5.75 Å². The Bertz CT molecular complexity index is 701. The Hall–Kier alpha value is -2.54. The van der Waals surface area contributed by atoms with E-state index in [9.17, 15) is 18.0 Å². The normalized spacial score (nSPS) is 12.7. The quantitative estimate of drug-likeness (QED) is 0.878. The molecular weight excluding hydrogens is 311 g/mol. The number of carboxylic acids is 1. The van der Waals surface area contributed by atoms with E-state index in [4.69, 9.17) is 10.8 Å². The number of rotatable bonds is 5. The van der Waals surface area contributed by atoms with Gasteiger partial charge in [-0.1, -0.05) is 30.3 Å². The molecule has 0 saturated carbocycles. The largest absolute Gasteiger partial charge is 0.573 e. The zero-order valence-electron chi connectivity index (χ0n) is 11.9. The molecule has 0 aliphatic heterocycles. The highest BCUT2D eigenvalue weighted by molar-refractivity contribution is 5.69. The molecule has 0 saturated heterocycles. The average molecular weight is 325 g/mol. The first-order chi connectivity index (χ1) is 10.7. The van der Waals surface area contributed by atoms with Crippen molar-refractivity contribution < 1.29 is 27.8 Å². The van der Waals surface area contributed by atoms with Crippen LogP contribution in [0.1, 0.15) is 18.0 Å². The Balaban J connectivity index is 2.28. The molecule has 0 heterocycles. The van der Waals surface area contributed by atoms with Gasteiger partial charge in [-0.05, 0) is 34.9 Å². The van der Waals surface area contributed by atoms with E-state index in [0.29, 0.717) is 16.7 Å². The molecule has 0 spiro atoms. The van der Waals surface area contributed by atoms with Gasteiger partial charge in [-0.25, -0.2) is 0 Å². The maximum atomic E-state index is 12.3. The molecule has 2 aromatic rings. The summed E-state index contributed by atoms with van der Waals surface area (Å²) >= 11 is 0. The second-order valence-corrected chi connectivity index (χ2v) is 4.91. The van der Waals surface area contributed by atoms with E-state index >= 15 is 0 Å². The predicted molar refractivity (Wildman–Crippen MR) is 77.7 cm³/mol. The Labute approximate surface area is 130 Å². The van der Waals surface area contributed by atoms with Crippen molar-refractivity contribution in [1.29, 1.82) is 0 Å². The highest BCUT2D eigenvalue weighted by Gasteiger charge is 2.31. The van der Waals surface area contributed by atoms with Crippen molar-refractivity contribution in [3.63, 3.8) is 0 Å². The lowest BCUT2D eigenvalue weighted by molar-refractivity contribution is -0.274. The van der Waals surface area contributed by atoms with Crippen molar-refractivity contribution in [1.82, 2.24) is 0 Å². The third-order valence-electron chi connectivity index (χ3n) is 3.11. The molecule has 0 fully saturated rings. The molecular formula is C16H14F3NO3. The molecule has 2 aromatic carbocycles. The molecule has 7 heteroatoms. The van der Waals surface area contributed by atoms with Crippen molar-refractivity contribution in [3.8, 4) is 16.9 Å². The van der Waals surface area contributed by atoms with Gasteiger partial charge in [-0.3, -0.25) is 4.79 Å². The second kappa shape index (κ2) is 6.70. The fourth-order valence-electron chi connectivity index (χ4n) is 2.13. The zero-order chi connectivity index (χ0) is 17.0. The first kappa shape index (κ1) is 16.8. The summed E-state index contributed by atoms with van der Waals surface area (Å²) in [7, 11) is 0. The SMILES string of the molecule is N[C@@H](CC(=O)O)c1cccc(-c2cccc(OC(F)(F)F)c2)c1. The molecule has 23 heavy (non-hydrogen) atoms. The van der Waals surface area contributed by atoms with E-state index in [2.05, 4.69) is 4.74 Å². The third kappa shape index (κ3) is 5.00. The summed E-state index contributed by atoms with van der Waals surface area (Å²) in [4.78, 5) is 10.7. The Kier molecular flexibility index (Phi) is 4.90. The summed E-state index contributed by atoms with van der Waals surface area (Å²) in [6.07, 6.45) is -5.00. The number of carbonyl (C=O) groups is 1. The summed E-state index contributed by atoms with van der Waals surface area (Å²) in [6.45, 7) is 0. The minimum atomic E-state index is -4.76. The minimum Gasteiger partial charge on any atom is -0.481 e. The van der Waals surface area contributed by atoms with E-state index < -0.39 is 18.4 Å². The molecule has 0 radical (unpaired) electrons. The average Bonchev–Trinajstić information content (AvgIpc) is 2.45. The fraction of sp³-hybridized carbons (Fsp3) is 0.188. The highest BCUT2D eigenvalue weighted by Crippen LogP contribution is 2.29. The monoisotopic (exact) mass is 325 g/mol. The predicted octanol–water partition coefficient (Wildman–Crippen LogP) is 3.73. The summed E-state index contributed by atoms with van der Waals surface area (Å²) in [5.74, 6) is -1.35. The summed E-state index contributed by atoms with van der Waals surface area (Å²) in [6, 6.07) is 11.5. The lowest BCUT2D eigenvalue weighted by Gasteiger charge is -2.13. The molecule has 0 aliphatic carbocycles. The standard InChI is InChI=1S/C16H14F3NO3/c17-16(18,19)23-13-6-2-4-11(8-13)10-3-1-5-12(7-10)14(20)9-15(21)22/h1-8,14H,9,20H2,(H,21,22)/t14-/m0/s1. The van der Waals surface area contributed by atoms with Crippen LogP contribution in [0.15, 0.2) is 48.5 Å². The van der Waals surface area contributed by atoms with Crippen LogP contribution in [0.25, 0.3) is 11.1 Å². The van der Waals surface area contributed by atoms with Crippen LogP contribution in [0.5, 0.6) is 5.75 Å². The van der Waals surface area contributed by atoms with Crippen LogP contribution in [0.3, 0.4) is 0 Å². The van der Waals surface area contributed by atoms with Gasteiger partial charge in [0, 0.05) is 6.04 Å². The van der Waals surface area contributed by atoms with E-state index in [1.54, 1.807) is 30.3 Å². The molecule has 1 atom stereocenters. The van der Waals surface area contributed by atoms with Crippen LogP contribution in [-0.4, -0.2) is 17.4 Å². The number of ether oxygens (including phenoxy) is 1. The van der Waals surface area contributed by atoms with Crippen LogP contribution >= 0.6 is 0 Å². The molecule has 122 valence electrons. The van der Waals surface area contributed by atoms with Gasteiger partial charge in [0.2, 0.25) is 0 Å². The number of nitrogens with two attached hydrogens (primary N) is 1. The Morgan fingerprint density at radius 2 is 1.74 bits per heavy atom. The van der Waals surface area contributed by atoms with Gasteiger partial charge in [0.15, 0.2) is 0 Å². The van der Waals surface area contributed by atoms with Crippen LogP contribution in [-0.2, 0) is 4.79 Å². The first-order valence-electron chi connectivity index (χ1n) is 6.68. The summed E-state index contributed by atoms with van der Waals surface area (Å²) in [5, 5.41) is 8.77. The minimum absolute atomic E-state index is 0.235. The molecule has 0 aliphatic rings. The van der Waals surface area contributed by atoms with Crippen molar-refractivity contribution in [2.24, 2.45) is 5.73 Å². The molecule has 0 unspecified atom stereocenters. The van der Waals surface area contributed by atoms with Gasteiger partial charge < -0.3 is 15.6 Å². The van der Waals surface area contributed by atoms with Gasteiger partial charge in [0.05, 0.1) is 6.42 Å². The number of aliphatic carboxylic acids is 1. The van der Waals surface area contributed by atoms with E-state index in [1.807, 2.05) is 0 Å². The topological polar surface area (TPSA) is 72.6 Å². The van der Waals surface area contributed by atoms with Crippen molar-refractivity contribution >= 4 is 5.97 Å². The fourth-order valence-corrected chi connectivity index (χ4v) is 2.13. The lowest BCUT2D eigenvalue weighted by atomic mass is 9.98. The van der Waals surface area contributed by atoms with E-state index in [-0.39, 0.29) is 12.2 Å². The molecule has 0 aromatic heterocycles. The molecule has 2 rings (SSSR count). The Morgan fingerprint density at radius 1 is 1.13 bits per heavy atom. The van der Waals surface area contributed by atoms with Crippen LogP contribution in [0.4, 0.5) is 13.2 Å². The van der Waals surface area contributed by atoms with E-state index in [0.717, 1.165) is 0 Å². The summed E-state index contributed by atoms with van der Waals surface area (Å²) < 4.78 is 40.7. The Morgan fingerprint density at radius 3 is 2.35 bits per heavy atom. The molecule has 4 nitrogen and oxygen atoms in total. The lowest BCUT2D eigenvalue weighted by Crippen LogP contribution is -2.17. The number of carboxylic acid groups (broad SMARTS) is 1. The van der Waals surface area contributed by atoms with Crippen LogP contribution in [0.2, 0.25) is 0 Å². The van der Waals surface area contributed by atoms with Crippen molar-refractivity contribution in [2.75, 3.05) is 0 Å². The van der Waals surface area contributed by atoms with Crippen molar-refractivity contribution in [2.45, 2.75) is 18.8 Å². The van der Waals surface area contributed by atoms with Gasteiger partial charge in [-0.15, -0.1) is 13.2 Å². The first-order valence-corrected chi connectivity index (χ1v) is 6.68. The maximum Gasteiger partial charge on any atom is 0.573 e. The van der Waals surface area contributed by atoms with Crippen molar-refractivity contribution in [3.05, 3.63) is 54.1 Å². The highest BCUT2D eigenvalue weighted by atomic mass is 19.4. The van der Waals surface area contributed by atoms with Crippen LogP contribution in [0, 0.1) is 0 Å². The number of alkyl halides is 3. The van der Waals surface area contributed by atoms with Gasteiger partial charge in [0.25, 0.3) is 0 Å². The van der Waals surface area contributed by atoms with Gasteiger partial charge in [-0.2, -0.15) is 0 Å². The second-order valence-electron chi connectivity index (χ2n) is 4.91. The number of benzene rings is 2. The van der Waals surface area contributed by atoms with Crippen LogP contribution < -0.4 is 10.5 Å². The number of hydrogen-bond donors (Lipinski definition) is 2. The molecule has 0 bridgehead atoms. The maximum absolute atomic E-state index is 12.3. The smallest absolute Gasteiger partial charge is 0.481 e. The molecule has 0 amide bonds.